The summed E-state index contributed by atoms with van der Waals surface area (Å²) >= 11 is 0. The van der Waals surface area contributed by atoms with Crippen LogP contribution in [-0.2, 0) is 17.1 Å². The van der Waals surface area contributed by atoms with E-state index in [0.717, 1.165) is 0 Å². The number of sulfonamides is 1. The minimum atomic E-state index is -3.72. The molecule has 2 aromatic rings. The van der Waals surface area contributed by atoms with E-state index in [2.05, 4.69) is 19.8 Å². The fourth-order valence-corrected chi connectivity index (χ4v) is 2.84. The molecule has 0 amide bonds. The van der Waals surface area contributed by atoms with Gasteiger partial charge in [0.2, 0.25) is 5.95 Å². The van der Waals surface area contributed by atoms with Gasteiger partial charge in [-0.3, -0.25) is 4.68 Å². The molecule has 1 N–H and O–H groups in total. The summed E-state index contributed by atoms with van der Waals surface area (Å²) in [6.07, 6.45) is 1.31. The third kappa shape index (κ3) is 2.73. The van der Waals surface area contributed by atoms with Crippen molar-refractivity contribution < 1.29 is 8.42 Å². The SMILES string of the molecule is Cc1cc(C)nc(NS(=O)(=O)c2cnn(C)c2C)n1. The summed E-state index contributed by atoms with van der Waals surface area (Å²) in [4.78, 5) is 8.23. The van der Waals surface area contributed by atoms with Crippen LogP contribution >= 0.6 is 0 Å². The Labute approximate surface area is 111 Å². The summed E-state index contributed by atoms with van der Waals surface area (Å²) in [5, 5.41) is 3.92. The van der Waals surface area contributed by atoms with Crippen LogP contribution < -0.4 is 4.72 Å². The van der Waals surface area contributed by atoms with E-state index >= 15 is 0 Å². The van der Waals surface area contributed by atoms with Crippen LogP contribution in [0.25, 0.3) is 0 Å². The van der Waals surface area contributed by atoms with Crippen LogP contribution in [0.3, 0.4) is 0 Å². The lowest BCUT2D eigenvalue weighted by Crippen LogP contribution is -2.16. The summed E-state index contributed by atoms with van der Waals surface area (Å²) < 4.78 is 28.3. The van der Waals surface area contributed by atoms with Gasteiger partial charge in [0.05, 0.1) is 11.9 Å². The van der Waals surface area contributed by atoms with Crippen molar-refractivity contribution in [1.29, 1.82) is 0 Å². The molecule has 0 atom stereocenters. The van der Waals surface area contributed by atoms with Crippen molar-refractivity contribution >= 4 is 16.0 Å². The number of aryl methyl sites for hydroxylation is 3. The molecule has 19 heavy (non-hydrogen) atoms. The smallest absolute Gasteiger partial charge is 0.267 e. The molecule has 102 valence electrons. The zero-order valence-corrected chi connectivity index (χ0v) is 12.0. The highest BCUT2D eigenvalue weighted by Gasteiger charge is 2.21. The molecule has 8 heteroatoms. The van der Waals surface area contributed by atoms with Crippen molar-refractivity contribution in [2.24, 2.45) is 7.05 Å². The van der Waals surface area contributed by atoms with E-state index in [0.29, 0.717) is 17.1 Å². The van der Waals surface area contributed by atoms with Crippen molar-refractivity contribution in [3.63, 3.8) is 0 Å². The Morgan fingerprint density at radius 1 is 1.16 bits per heavy atom. The van der Waals surface area contributed by atoms with Gasteiger partial charge in [-0.1, -0.05) is 0 Å². The zero-order chi connectivity index (χ0) is 14.2. The van der Waals surface area contributed by atoms with E-state index in [4.69, 9.17) is 0 Å². The Hall–Kier alpha value is -1.96. The average Bonchev–Trinajstić information content (AvgIpc) is 2.57. The molecule has 2 aromatic heterocycles. The van der Waals surface area contributed by atoms with Gasteiger partial charge < -0.3 is 0 Å². The lowest BCUT2D eigenvalue weighted by atomic mass is 10.4. The topological polar surface area (TPSA) is 89.8 Å². The van der Waals surface area contributed by atoms with Crippen LogP contribution in [0.1, 0.15) is 17.1 Å². The second-order valence-corrected chi connectivity index (χ2v) is 5.95. The predicted molar refractivity (Wildman–Crippen MR) is 70.3 cm³/mol. The summed E-state index contributed by atoms with van der Waals surface area (Å²) in [5.74, 6) is 0.0701. The maximum atomic E-state index is 12.2. The second-order valence-electron chi connectivity index (χ2n) is 4.30. The highest BCUT2D eigenvalue weighted by atomic mass is 32.2. The third-order valence-corrected chi connectivity index (χ3v) is 4.12. The van der Waals surface area contributed by atoms with E-state index in [1.54, 1.807) is 33.9 Å². The molecule has 0 unspecified atom stereocenters. The normalized spacial score (nSPS) is 11.6. The summed E-state index contributed by atoms with van der Waals surface area (Å²) in [5.41, 5.74) is 1.96. The summed E-state index contributed by atoms with van der Waals surface area (Å²) in [6, 6.07) is 1.77. The van der Waals surface area contributed by atoms with Crippen LogP contribution in [0.5, 0.6) is 0 Å². The Morgan fingerprint density at radius 2 is 1.74 bits per heavy atom. The van der Waals surface area contributed by atoms with E-state index in [1.165, 1.54) is 10.9 Å². The predicted octanol–water partition coefficient (Wildman–Crippen LogP) is 0.936. The minimum Gasteiger partial charge on any atom is -0.272 e. The van der Waals surface area contributed by atoms with Crippen molar-refractivity contribution in [3.8, 4) is 0 Å². The van der Waals surface area contributed by atoms with Crippen LogP contribution in [0.4, 0.5) is 5.95 Å². The first-order valence-corrected chi connectivity index (χ1v) is 7.11. The van der Waals surface area contributed by atoms with Crippen molar-refractivity contribution in [2.45, 2.75) is 25.7 Å². The molecule has 0 aromatic carbocycles. The van der Waals surface area contributed by atoms with E-state index in [-0.39, 0.29) is 10.8 Å². The Balaban J connectivity index is 2.39. The van der Waals surface area contributed by atoms with Gasteiger partial charge in [0.15, 0.2) is 0 Å². The molecular weight excluding hydrogens is 266 g/mol. The monoisotopic (exact) mass is 281 g/mol. The van der Waals surface area contributed by atoms with Crippen LogP contribution in [0.15, 0.2) is 17.2 Å². The highest BCUT2D eigenvalue weighted by molar-refractivity contribution is 7.92. The number of hydrogen-bond acceptors (Lipinski definition) is 5. The molecule has 0 bridgehead atoms. The quantitative estimate of drug-likeness (QED) is 0.904. The second kappa shape index (κ2) is 4.61. The average molecular weight is 281 g/mol. The van der Waals surface area contributed by atoms with Crippen molar-refractivity contribution in [1.82, 2.24) is 19.7 Å². The van der Waals surface area contributed by atoms with Crippen molar-refractivity contribution in [3.05, 3.63) is 29.3 Å². The standard InChI is InChI=1S/C11H15N5O2S/c1-7-5-8(2)14-11(13-7)15-19(17,18)10-6-12-16(4)9(10)3/h5-6H,1-4H3,(H,13,14,15). The number of rotatable bonds is 3. The molecule has 0 saturated carbocycles. The molecule has 0 aliphatic heterocycles. The van der Waals surface area contributed by atoms with Gasteiger partial charge in [-0.05, 0) is 26.8 Å². The number of aromatic nitrogens is 4. The molecule has 0 fully saturated rings. The molecule has 0 saturated heterocycles. The molecule has 0 aliphatic carbocycles. The van der Waals surface area contributed by atoms with Gasteiger partial charge in [0.25, 0.3) is 10.0 Å². The Bertz CT molecular complexity index is 700. The van der Waals surface area contributed by atoms with Gasteiger partial charge >= 0.3 is 0 Å². The van der Waals surface area contributed by atoms with Gasteiger partial charge in [0.1, 0.15) is 4.90 Å². The number of nitrogens with zero attached hydrogens (tertiary/aromatic N) is 4. The van der Waals surface area contributed by atoms with Crippen molar-refractivity contribution in [2.75, 3.05) is 4.72 Å². The van der Waals surface area contributed by atoms with Gasteiger partial charge in [-0.25, -0.2) is 23.1 Å². The number of nitrogens with one attached hydrogen (secondary N) is 1. The molecular formula is C11H15N5O2S. The Morgan fingerprint density at radius 3 is 2.21 bits per heavy atom. The van der Waals surface area contributed by atoms with Gasteiger partial charge in [-0.15, -0.1) is 0 Å². The van der Waals surface area contributed by atoms with Crippen LogP contribution in [0.2, 0.25) is 0 Å². The first-order chi connectivity index (χ1) is 8.79. The first-order valence-electron chi connectivity index (χ1n) is 5.63. The van der Waals surface area contributed by atoms with E-state index < -0.39 is 10.0 Å². The van der Waals surface area contributed by atoms with Crippen LogP contribution in [0, 0.1) is 20.8 Å². The molecule has 0 radical (unpaired) electrons. The number of hydrogen-bond donors (Lipinski definition) is 1. The third-order valence-electron chi connectivity index (χ3n) is 2.69. The highest BCUT2D eigenvalue weighted by Crippen LogP contribution is 2.16. The summed E-state index contributed by atoms with van der Waals surface area (Å²) in [6.45, 7) is 5.24. The number of anilines is 1. The maximum Gasteiger partial charge on any atom is 0.267 e. The molecule has 2 heterocycles. The van der Waals surface area contributed by atoms with Gasteiger partial charge in [-0.2, -0.15) is 5.10 Å². The Kier molecular flexibility index (Phi) is 3.27. The zero-order valence-electron chi connectivity index (χ0n) is 11.2. The first kappa shape index (κ1) is 13.5. The largest absolute Gasteiger partial charge is 0.272 e. The lowest BCUT2D eigenvalue weighted by molar-refractivity contribution is 0.599. The molecule has 0 aliphatic rings. The maximum absolute atomic E-state index is 12.2. The lowest BCUT2D eigenvalue weighted by Gasteiger charge is -2.07. The van der Waals surface area contributed by atoms with Crippen LogP contribution in [-0.4, -0.2) is 28.2 Å². The minimum absolute atomic E-state index is 0.0701. The van der Waals surface area contributed by atoms with E-state index in [9.17, 15) is 8.42 Å². The molecule has 0 spiro atoms. The molecule has 2 rings (SSSR count). The summed E-state index contributed by atoms with van der Waals surface area (Å²) in [7, 11) is -2.03. The molecule has 7 nitrogen and oxygen atoms in total. The van der Waals surface area contributed by atoms with E-state index in [1.807, 2.05) is 0 Å². The van der Waals surface area contributed by atoms with Gasteiger partial charge in [0, 0.05) is 18.4 Å². The fourth-order valence-electron chi connectivity index (χ4n) is 1.69. The fraction of sp³-hybridized carbons (Fsp3) is 0.364.